The summed E-state index contributed by atoms with van der Waals surface area (Å²) in [5.74, 6) is -0.432. The van der Waals surface area contributed by atoms with Crippen molar-refractivity contribution in [3.63, 3.8) is 0 Å². The predicted molar refractivity (Wildman–Crippen MR) is 55.8 cm³/mol. The van der Waals surface area contributed by atoms with Crippen molar-refractivity contribution in [3.8, 4) is 0 Å². The molecule has 6 heteroatoms. The van der Waals surface area contributed by atoms with Crippen LogP contribution in [-0.4, -0.2) is 29.7 Å². The summed E-state index contributed by atoms with van der Waals surface area (Å²) in [7, 11) is 0. The normalized spacial score (nSPS) is 16.0. The van der Waals surface area contributed by atoms with Gasteiger partial charge >= 0.3 is 0 Å². The number of nitro benzene ring substituents is 1. The second kappa shape index (κ2) is 4.05. The van der Waals surface area contributed by atoms with Gasteiger partial charge in [0.05, 0.1) is 11.0 Å². The number of hydrogen-bond donors (Lipinski definition) is 1. The first-order valence-electron chi connectivity index (χ1n) is 4.91. The van der Waals surface area contributed by atoms with Crippen molar-refractivity contribution in [2.75, 3.05) is 24.6 Å². The number of aliphatic hydroxyl groups excluding tert-OH is 1. The van der Waals surface area contributed by atoms with Crippen LogP contribution in [-0.2, 0) is 0 Å². The highest BCUT2D eigenvalue weighted by Crippen LogP contribution is 2.28. The summed E-state index contributed by atoms with van der Waals surface area (Å²) >= 11 is 0. The van der Waals surface area contributed by atoms with Gasteiger partial charge in [-0.2, -0.15) is 0 Å². The van der Waals surface area contributed by atoms with Crippen molar-refractivity contribution < 1.29 is 14.4 Å². The van der Waals surface area contributed by atoms with E-state index in [-0.39, 0.29) is 18.2 Å². The third kappa shape index (κ3) is 1.96. The van der Waals surface area contributed by atoms with Crippen LogP contribution in [0.2, 0.25) is 0 Å². The van der Waals surface area contributed by atoms with Crippen molar-refractivity contribution in [1.82, 2.24) is 0 Å². The highest BCUT2D eigenvalue weighted by molar-refractivity contribution is 5.55. The average Bonchev–Trinajstić information content (AvgIpc) is 2.15. The molecule has 1 aromatic carbocycles. The fourth-order valence-electron chi connectivity index (χ4n) is 1.74. The summed E-state index contributed by atoms with van der Waals surface area (Å²) < 4.78 is 13.1. The Labute approximate surface area is 91.3 Å². The summed E-state index contributed by atoms with van der Waals surface area (Å²) in [6, 6.07) is 3.50. The predicted octanol–water partition coefficient (Wildman–Crippen LogP) is 1.16. The maximum absolute atomic E-state index is 13.1. The first-order chi connectivity index (χ1) is 7.60. The lowest BCUT2D eigenvalue weighted by atomic mass is 10.0. The molecule has 5 nitrogen and oxygen atoms in total. The van der Waals surface area contributed by atoms with Crippen LogP contribution in [0.4, 0.5) is 15.8 Å². The van der Waals surface area contributed by atoms with Gasteiger partial charge in [0.2, 0.25) is 0 Å². The lowest BCUT2D eigenvalue weighted by Crippen LogP contribution is -2.48. The molecule has 1 N–H and O–H groups in total. The van der Waals surface area contributed by atoms with E-state index in [4.69, 9.17) is 5.11 Å². The van der Waals surface area contributed by atoms with Crippen molar-refractivity contribution in [2.45, 2.75) is 0 Å². The first kappa shape index (κ1) is 10.8. The number of nitrogens with zero attached hydrogens (tertiary/aromatic N) is 2. The molecule has 0 radical (unpaired) electrons. The number of anilines is 1. The van der Waals surface area contributed by atoms with Crippen LogP contribution in [0, 0.1) is 21.8 Å². The molecule has 0 saturated carbocycles. The molecule has 1 aliphatic rings. The summed E-state index contributed by atoms with van der Waals surface area (Å²) in [6.45, 7) is 1.31. The van der Waals surface area contributed by atoms with Gasteiger partial charge in [-0.3, -0.25) is 10.1 Å². The van der Waals surface area contributed by atoms with E-state index in [0.717, 1.165) is 6.07 Å². The van der Waals surface area contributed by atoms with Gasteiger partial charge in [0.15, 0.2) is 0 Å². The molecule has 0 aliphatic carbocycles. The van der Waals surface area contributed by atoms with E-state index >= 15 is 0 Å². The first-order valence-corrected chi connectivity index (χ1v) is 4.91. The van der Waals surface area contributed by atoms with Gasteiger partial charge in [-0.15, -0.1) is 0 Å². The second-order valence-electron chi connectivity index (χ2n) is 3.88. The van der Waals surface area contributed by atoms with Gasteiger partial charge in [0.1, 0.15) is 5.82 Å². The van der Waals surface area contributed by atoms with Crippen LogP contribution in [0.1, 0.15) is 0 Å². The van der Waals surface area contributed by atoms with E-state index in [2.05, 4.69) is 0 Å². The Morgan fingerprint density at radius 1 is 1.50 bits per heavy atom. The van der Waals surface area contributed by atoms with E-state index in [1.165, 1.54) is 12.1 Å². The zero-order valence-electron chi connectivity index (χ0n) is 8.47. The lowest BCUT2D eigenvalue weighted by molar-refractivity contribution is -0.385. The molecule has 1 fully saturated rings. The zero-order valence-corrected chi connectivity index (χ0v) is 8.47. The number of rotatable bonds is 3. The van der Waals surface area contributed by atoms with Crippen LogP contribution in [0.15, 0.2) is 18.2 Å². The second-order valence-corrected chi connectivity index (χ2v) is 3.88. The topological polar surface area (TPSA) is 66.6 Å². The maximum Gasteiger partial charge on any atom is 0.274 e. The fourth-order valence-corrected chi connectivity index (χ4v) is 1.74. The number of hydrogen-bond acceptors (Lipinski definition) is 4. The van der Waals surface area contributed by atoms with E-state index < -0.39 is 10.7 Å². The SMILES string of the molecule is O=[N+]([O-])c1cc(F)cc(N2CC(CO)C2)c1. The quantitative estimate of drug-likeness (QED) is 0.620. The summed E-state index contributed by atoms with van der Waals surface area (Å²) in [6.07, 6.45) is 0. The minimum atomic E-state index is -0.615. The van der Waals surface area contributed by atoms with Crippen LogP contribution >= 0.6 is 0 Å². The molecule has 1 saturated heterocycles. The molecule has 16 heavy (non-hydrogen) atoms. The van der Waals surface area contributed by atoms with Crippen molar-refractivity contribution in [3.05, 3.63) is 34.1 Å². The largest absolute Gasteiger partial charge is 0.396 e. The Morgan fingerprint density at radius 2 is 2.19 bits per heavy atom. The number of aliphatic hydroxyl groups is 1. The fraction of sp³-hybridized carbons (Fsp3) is 0.400. The molecule has 0 spiro atoms. The molecule has 1 heterocycles. The minimum absolute atomic E-state index is 0.0912. The summed E-state index contributed by atoms with van der Waals surface area (Å²) in [4.78, 5) is 11.7. The third-order valence-electron chi connectivity index (χ3n) is 2.66. The molecular formula is C10H11FN2O3. The molecule has 86 valence electrons. The number of benzene rings is 1. The van der Waals surface area contributed by atoms with E-state index in [9.17, 15) is 14.5 Å². The Bertz CT molecular complexity index is 419. The van der Waals surface area contributed by atoms with Gasteiger partial charge in [-0.05, 0) is 6.07 Å². The van der Waals surface area contributed by atoms with Gasteiger partial charge < -0.3 is 10.0 Å². The number of halogens is 1. The zero-order chi connectivity index (χ0) is 11.7. The molecule has 1 aromatic rings. The molecule has 0 aromatic heterocycles. The Hall–Kier alpha value is -1.69. The van der Waals surface area contributed by atoms with Crippen molar-refractivity contribution >= 4 is 11.4 Å². The minimum Gasteiger partial charge on any atom is -0.396 e. The van der Waals surface area contributed by atoms with Crippen LogP contribution in [0.3, 0.4) is 0 Å². The molecule has 0 atom stereocenters. The monoisotopic (exact) mass is 226 g/mol. The molecule has 1 aliphatic heterocycles. The lowest BCUT2D eigenvalue weighted by Gasteiger charge is -2.40. The van der Waals surface area contributed by atoms with Gasteiger partial charge in [-0.1, -0.05) is 0 Å². The van der Waals surface area contributed by atoms with Crippen LogP contribution < -0.4 is 4.90 Å². The molecule has 2 rings (SSSR count). The Kier molecular flexibility index (Phi) is 2.74. The number of non-ortho nitro benzene ring substituents is 1. The highest BCUT2D eigenvalue weighted by Gasteiger charge is 2.27. The van der Waals surface area contributed by atoms with Crippen LogP contribution in [0.25, 0.3) is 0 Å². The van der Waals surface area contributed by atoms with E-state index in [0.29, 0.717) is 18.8 Å². The average molecular weight is 226 g/mol. The molecule has 0 unspecified atom stereocenters. The van der Waals surface area contributed by atoms with Gasteiger partial charge in [0, 0.05) is 37.4 Å². The van der Waals surface area contributed by atoms with E-state index in [1.54, 1.807) is 4.90 Å². The summed E-state index contributed by atoms with van der Waals surface area (Å²) in [5, 5.41) is 19.4. The standard InChI is InChI=1S/C10H11FN2O3/c11-8-1-9(3-10(2-8)13(15)16)12-4-7(5-12)6-14/h1-3,7,14H,4-6H2. The van der Waals surface area contributed by atoms with Crippen LogP contribution in [0.5, 0.6) is 0 Å². The number of nitro groups is 1. The molecule has 0 amide bonds. The Morgan fingerprint density at radius 3 is 2.75 bits per heavy atom. The van der Waals surface area contributed by atoms with E-state index in [1.807, 2.05) is 0 Å². The Balaban J connectivity index is 2.19. The summed E-state index contributed by atoms with van der Waals surface area (Å²) in [5.41, 5.74) is 0.249. The highest BCUT2D eigenvalue weighted by atomic mass is 19.1. The van der Waals surface area contributed by atoms with Crippen molar-refractivity contribution in [1.29, 1.82) is 0 Å². The molecular weight excluding hydrogens is 215 g/mol. The third-order valence-corrected chi connectivity index (χ3v) is 2.66. The van der Waals surface area contributed by atoms with Gasteiger partial charge in [0.25, 0.3) is 5.69 Å². The molecule has 0 bridgehead atoms. The smallest absolute Gasteiger partial charge is 0.274 e. The maximum atomic E-state index is 13.1. The van der Waals surface area contributed by atoms with Crippen molar-refractivity contribution in [2.24, 2.45) is 5.92 Å². The van der Waals surface area contributed by atoms with Gasteiger partial charge in [-0.25, -0.2) is 4.39 Å².